The first-order valence-corrected chi connectivity index (χ1v) is 11.1. The third kappa shape index (κ3) is 5.53. The van der Waals surface area contributed by atoms with E-state index in [1.165, 1.54) is 0 Å². The highest BCUT2D eigenvalue weighted by Gasteiger charge is 2.29. The standard InChI is InChI=1S/C20H28N6O2S/c1-21-20(24-16-18-8-5-6-10-22-18)23-15-17-7-3-4-9-19(17)29(27,28)26-13-11-25(2)12-14-26/h3-10H,11-16H2,1-2H3,(H2,21,23,24). The smallest absolute Gasteiger partial charge is 0.243 e. The van der Waals surface area contributed by atoms with Gasteiger partial charge in [0.15, 0.2) is 5.96 Å². The number of aromatic nitrogens is 1. The second-order valence-electron chi connectivity index (χ2n) is 6.92. The van der Waals surface area contributed by atoms with Crippen LogP contribution in [0.25, 0.3) is 0 Å². The van der Waals surface area contributed by atoms with Crippen molar-refractivity contribution in [2.24, 2.45) is 4.99 Å². The number of sulfonamides is 1. The van der Waals surface area contributed by atoms with Gasteiger partial charge in [0.05, 0.1) is 17.1 Å². The van der Waals surface area contributed by atoms with Crippen LogP contribution in [0.4, 0.5) is 0 Å². The molecular formula is C20H28N6O2S. The summed E-state index contributed by atoms with van der Waals surface area (Å²) in [6.45, 7) is 3.38. The number of aliphatic imine (C=N–C) groups is 1. The summed E-state index contributed by atoms with van der Waals surface area (Å²) < 4.78 is 27.9. The van der Waals surface area contributed by atoms with Gasteiger partial charge in [0, 0.05) is 46.0 Å². The molecule has 1 aromatic carbocycles. The Labute approximate surface area is 172 Å². The molecule has 2 heterocycles. The van der Waals surface area contributed by atoms with E-state index in [9.17, 15) is 8.42 Å². The molecule has 8 nitrogen and oxygen atoms in total. The summed E-state index contributed by atoms with van der Waals surface area (Å²) in [6, 6.07) is 12.9. The summed E-state index contributed by atoms with van der Waals surface area (Å²) in [5.41, 5.74) is 1.61. The third-order valence-corrected chi connectivity index (χ3v) is 6.88. The highest BCUT2D eigenvalue weighted by molar-refractivity contribution is 7.89. The molecule has 1 aliphatic rings. The minimum Gasteiger partial charge on any atom is -0.352 e. The van der Waals surface area contributed by atoms with Gasteiger partial charge in [-0.15, -0.1) is 0 Å². The van der Waals surface area contributed by atoms with Crippen molar-refractivity contribution < 1.29 is 8.42 Å². The van der Waals surface area contributed by atoms with Crippen LogP contribution in [0.5, 0.6) is 0 Å². The van der Waals surface area contributed by atoms with Gasteiger partial charge in [-0.1, -0.05) is 24.3 Å². The molecular weight excluding hydrogens is 388 g/mol. The lowest BCUT2D eigenvalue weighted by molar-refractivity contribution is 0.222. The molecule has 1 fully saturated rings. The highest BCUT2D eigenvalue weighted by Crippen LogP contribution is 2.21. The van der Waals surface area contributed by atoms with Crippen LogP contribution in [0, 0.1) is 0 Å². The van der Waals surface area contributed by atoms with Crippen molar-refractivity contribution in [2.75, 3.05) is 40.3 Å². The molecule has 0 spiro atoms. The van der Waals surface area contributed by atoms with Crippen LogP contribution < -0.4 is 10.6 Å². The summed E-state index contributed by atoms with van der Waals surface area (Å²) in [7, 11) is 0.157. The molecule has 3 rings (SSSR count). The predicted octanol–water partition coefficient (Wildman–Crippen LogP) is 0.883. The van der Waals surface area contributed by atoms with Crippen LogP contribution in [-0.2, 0) is 23.1 Å². The largest absolute Gasteiger partial charge is 0.352 e. The Morgan fingerprint density at radius 3 is 2.41 bits per heavy atom. The first-order chi connectivity index (χ1) is 14.0. The number of benzene rings is 1. The molecule has 2 N–H and O–H groups in total. The lowest BCUT2D eigenvalue weighted by Crippen LogP contribution is -2.47. The molecule has 29 heavy (non-hydrogen) atoms. The van der Waals surface area contributed by atoms with E-state index < -0.39 is 10.0 Å². The van der Waals surface area contributed by atoms with Crippen LogP contribution in [0.15, 0.2) is 58.5 Å². The van der Waals surface area contributed by atoms with E-state index in [1.54, 1.807) is 29.7 Å². The Morgan fingerprint density at radius 2 is 1.72 bits per heavy atom. The molecule has 1 saturated heterocycles. The van der Waals surface area contributed by atoms with E-state index in [1.807, 2.05) is 37.4 Å². The lowest BCUT2D eigenvalue weighted by Gasteiger charge is -2.32. The topological polar surface area (TPSA) is 89.9 Å². The number of piperazine rings is 1. The maximum absolute atomic E-state index is 13.2. The number of likely N-dealkylation sites (N-methyl/N-ethyl adjacent to an activating group) is 1. The Morgan fingerprint density at radius 1 is 1.03 bits per heavy atom. The first-order valence-electron chi connectivity index (χ1n) is 9.62. The number of hydrogen-bond acceptors (Lipinski definition) is 5. The average Bonchev–Trinajstić information content (AvgIpc) is 2.75. The molecule has 0 amide bonds. The Hall–Kier alpha value is -2.49. The number of guanidine groups is 1. The number of pyridine rings is 1. The fraction of sp³-hybridized carbons (Fsp3) is 0.400. The molecule has 1 aromatic heterocycles. The van der Waals surface area contributed by atoms with Gasteiger partial charge in [-0.25, -0.2) is 8.42 Å². The van der Waals surface area contributed by atoms with Gasteiger partial charge in [0.2, 0.25) is 10.0 Å². The van der Waals surface area contributed by atoms with Crippen molar-refractivity contribution in [1.82, 2.24) is 24.8 Å². The highest BCUT2D eigenvalue weighted by atomic mass is 32.2. The van der Waals surface area contributed by atoms with Gasteiger partial charge in [-0.2, -0.15) is 4.31 Å². The van der Waals surface area contributed by atoms with Crippen LogP contribution >= 0.6 is 0 Å². The van der Waals surface area contributed by atoms with E-state index in [-0.39, 0.29) is 0 Å². The van der Waals surface area contributed by atoms with E-state index in [4.69, 9.17) is 0 Å². The van der Waals surface area contributed by atoms with Gasteiger partial charge in [0.1, 0.15) is 0 Å². The molecule has 2 aromatic rings. The quantitative estimate of drug-likeness (QED) is 0.537. The first kappa shape index (κ1) is 21.2. The summed E-state index contributed by atoms with van der Waals surface area (Å²) >= 11 is 0. The fourth-order valence-electron chi connectivity index (χ4n) is 3.15. The van der Waals surface area contributed by atoms with E-state index in [2.05, 4.69) is 25.5 Å². The molecule has 9 heteroatoms. The van der Waals surface area contributed by atoms with Crippen molar-refractivity contribution in [2.45, 2.75) is 18.0 Å². The second kappa shape index (κ2) is 9.82. The SMILES string of the molecule is CN=C(NCc1ccccn1)NCc1ccccc1S(=O)(=O)N1CCN(C)CC1. The molecule has 0 bridgehead atoms. The Kier molecular flexibility index (Phi) is 7.18. The summed E-state index contributed by atoms with van der Waals surface area (Å²) in [4.78, 5) is 11.0. The van der Waals surface area contributed by atoms with Crippen molar-refractivity contribution in [3.05, 3.63) is 59.9 Å². The molecule has 0 saturated carbocycles. The van der Waals surface area contributed by atoms with Crippen LogP contribution in [0.2, 0.25) is 0 Å². The summed E-state index contributed by atoms with van der Waals surface area (Å²) in [5, 5.41) is 6.39. The van der Waals surface area contributed by atoms with Crippen molar-refractivity contribution in [3.63, 3.8) is 0 Å². The second-order valence-corrected chi connectivity index (χ2v) is 8.82. The van der Waals surface area contributed by atoms with Gasteiger partial charge in [0.25, 0.3) is 0 Å². The van der Waals surface area contributed by atoms with Crippen LogP contribution in [0.3, 0.4) is 0 Å². The number of nitrogens with one attached hydrogen (secondary N) is 2. The van der Waals surface area contributed by atoms with Gasteiger partial charge in [-0.3, -0.25) is 9.98 Å². The van der Waals surface area contributed by atoms with Crippen LogP contribution in [-0.4, -0.2) is 68.8 Å². The van der Waals surface area contributed by atoms with Crippen molar-refractivity contribution >= 4 is 16.0 Å². The van der Waals surface area contributed by atoms with Gasteiger partial charge >= 0.3 is 0 Å². The van der Waals surface area contributed by atoms with Gasteiger partial charge < -0.3 is 15.5 Å². The maximum atomic E-state index is 13.2. The van der Waals surface area contributed by atoms with Crippen molar-refractivity contribution in [1.29, 1.82) is 0 Å². The molecule has 0 unspecified atom stereocenters. The summed E-state index contributed by atoms with van der Waals surface area (Å²) in [5.74, 6) is 0.586. The zero-order valence-corrected chi connectivity index (χ0v) is 17.7. The van der Waals surface area contributed by atoms with Gasteiger partial charge in [-0.05, 0) is 30.8 Å². The van der Waals surface area contributed by atoms with E-state index in [0.29, 0.717) is 42.6 Å². The molecule has 0 radical (unpaired) electrons. The molecule has 156 valence electrons. The van der Waals surface area contributed by atoms with E-state index in [0.717, 1.165) is 18.8 Å². The summed E-state index contributed by atoms with van der Waals surface area (Å²) in [6.07, 6.45) is 1.74. The Bertz CT molecular complexity index is 925. The Balaban J connectivity index is 1.67. The zero-order valence-electron chi connectivity index (χ0n) is 16.9. The number of nitrogens with zero attached hydrogens (tertiary/aromatic N) is 4. The fourth-order valence-corrected chi connectivity index (χ4v) is 4.79. The molecule has 0 aliphatic carbocycles. The minimum absolute atomic E-state index is 0.345. The average molecular weight is 417 g/mol. The normalized spacial score (nSPS) is 16.6. The third-order valence-electron chi connectivity index (χ3n) is 4.89. The number of rotatable bonds is 6. The van der Waals surface area contributed by atoms with Crippen molar-refractivity contribution in [3.8, 4) is 0 Å². The van der Waals surface area contributed by atoms with Crippen LogP contribution in [0.1, 0.15) is 11.3 Å². The molecule has 1 aliphatic heterocycles. The maximum Gasteiger partial charge on any atom is 0.243 e. The lowest BCUT2D eigenvalue weighted by atomic mass is 10.2. The van der Waals surface area contributed by atoms with E-state index >= 15 is 0 Å². The zero-order chi connectivity index (χ0) is 20.7. The molecule has 0 atom stereocenters. The predicted molar refractivity (Wildman–Crippen MR) is 114 cm³/mol. The minimum atomic E-state index is -3.53. The monoisotopic (exact) mass is 416 g/mol. The number of hydrogen-bond donors (Lipinski definition) is 2.